The number of anilines is 1. The summed E-state index contributed by atoms with van der Waals surface area (Å²) in [6, 6.07) is 5.64. The molecule has 0 aromatic heterocycles. The van der Waals surface area contributed by atoms with E-state index in [-0.39, 0.29) is 18.0 Å². The molecule has 1 heterocycles. The molecule has 1 unspecified atom stereocenters. The van der Waals surface area contributed by atoms with E-state index in [4.69, 9.17) is 0 Å². The highest BCUT2D eigenvalue weighted by Gasteiger charge is 2.22. The van der Waals surface area contributed by atoms with Crippen molar-refractivity contribution < 1.29 is 9.50 Å². The third kappa shape index (κ3) is 4.20. The van der Waals surface area contributed by atoms with Gasteiger partial charge in [0.25, 0.3) is 0 Å². The number of halogens is 1. The molecule has 1 aromatic carbocycles. The Morgan fingerprint density at radius 3 is 2.50 bits per heavy atom. The first-order valence-corrected chi connectivity index (χ1v) is 8.53. The van der Waals surface area contributed by atoms with Crippen molar-refractivity contribution in [3.8, 4) is 0 Å². The lowest BCUT2D eigenvalue weighted by molar-refractivity contribution is 0.145. The molecular weight excluding hydrogens is 279 g/mol. The van der Waals surface area contributed by atoms with Crippen LogP contribution >= 0.6 is 0 Å². The fourth-order valence-electron chi connectivity index (χ4n) is 3.23. The van der Waals surface area contributed by atoms with E-state index >= 15 is 0 Å². The number of piperidine rings is 1. The number of nitrogens with zero attached hydrogens (tertiary/aromatic N) is 1. The minimum Gasteiger partial charge on any atom is -0.393 e. The van der Waals surface area contributed by atoms with Crippen LogP contribution in [0.15, 0.2) is 18.2 Å². The number of hydrogen-bond acceptors (Lipinski definition) is 3. The van der Waals surface area contributed by atoms with Gasteiger partial charge in [-0.3, -0.25) is 0 Å². The van der Waals surface area contributed by atoms with Crippen molar-refractivity contribution >= 4 is 5.69 Å². The van der Waals surface area contributed by atoms with Gasteiger partial charge in [-0.05, 0) is 56.4 Å². The number of nitrogens with one attached hydrogen (secondary N) is 1. The second kappa shape index (κ2) is 7.93. The first-order valence-electron chi connectivity index (χ1n) is 8.53. The summed E-state index contributed by atoms with van der Waals surface area (Å²) in [5.41, 5.74) is 2.11. The van der Waals surface area contributed by atoms with Gasteiger partial charge in [0.05, 0.1) is 6.10 Å². The van der Waals surface area contributed by atoms with Crippen LogP contribution in [0.5, 0.6) is 0 Å². The summed E-state index contributed by atoms with van der Waals surface area (Å²) in [7, 11) is 0. The van der Waals surface area contributed by atoms with Crippen molar-refractivity contribution in [2.75, 3.05) is 18.0 Å². The van der Waals surface area contributed by atoms with Crippen LogP contribution in [-0.2, 0) is 0 Å². The second-order valence-electron chi connectivity index (χ2n) is 6.32. The average Bonchev–Trinajstić information content (AvgIpc) is 2.53. The van der Waals surface area contributed by atoms with E-state index in [1.807, 2.05) is 6.07 Å². The largest absolute Gasteiger partial charge is 0.393 e. The molecule has 1 saturated heterocycles. The van der Waals surface area contributed by atoms with Gasteiger partial charge >= 0.3 is 0 Å². The van der Waals surface area contributed by atoms with Gasteiger partial charge in [0, 0.05) is 30.9 Å². The van der Waals surface area contributed by atoms with E-state index in [1.54, 1.807) is 6.07 Å². The minimum absolute atomic E-state index is 0.113. The van der Waals surface area contributed by atoms with Gasteiger partial charge in [0.1, 0.15) is 5.82 Å². The van der Waals surface area contributed by atoms with Crippen molar-refractivity contribution in [3.05, 3.63) is 29.6 Å². The van der Waals surface area contributed by atoms with Crippen molar-refractivity contribution in [1.82, 2.24) is 5.32 Å². The van der Waals surface area contributed by atoms with Crippen LogP contribution in [0.3, 0.4) is 0 Å². The van der Waals surface area contributed by atoms with Gasteiger partial charge in [-0.2, -0.15) is 0 Å². The van der Waals surface area contributed by atoms with Gasteiger partial charge in [0.2, 0.25) is 0 Å². The van der Waals surface area contributed by atoms with Gasteiger partial charge in [-0.15, -0.1) is 0 Å². The number of hydrogen-bond donors (Lipinski definition) is 2. The maximum atomic E-state index is 13.8. The van der Waals surface area contributed by atoms with Crippen LogP contribution in [0.4, 0.5) is 10.1 Å². The highest BCUT2D eigenvalue weighted by molar-refractivity contribution is 5.55. The Kier molecular flexibility index (Phi) is 6.21. The zero-order chi connectivity index (χ0) is 16.1. The molecule has 0 aliphatic carbocycles. The lowest BCUT2D eigenvalue weighted by Gasteiger charge is -2.34. The van der Waals surface area contributed by atoms with Crippen molar-refractivity contribution in [2.45, 2.75) is 64.6 Å². The Morgan fingerprint density at radius 2 is 1.91 bits per heavy atom. The monoisotopic (exact) mass is 308 g/mol. The third-order valence-electron chi connectivity index (χ3n) is 4.73. The molecule has 0 radical (unpaired) electrons. The van der Waals surface area contributed by atoms with E-state index < -0.39 is 0 Å². The molecule has 3 nitrogen and oxygen atoms in total. The normalized spacial score (nSPS) is 18.0. The molecule has 0 spiro atoms. The lowest BCUT2D eigenvalue weighted by Crippen LogP contribution is -2.37. The lowest BCUT2D eigenvalue weighted by atomic mass is 10.00. The number of aliphatic hydroxyl groups excluding tert-OH is 1. The highest BCUT2D eigenvalue weighted by Crippen LogP contribution is 2.30. The van der Waals surface area contributed by atoms with E-state index in [1.165, 1.54) is 6.07 Å². The fraction of sp³-hybridized carbons (Fsp3) is 0.667. The molecule has 22 heavy (non-hydrogen) atoms. The molecule has 4 heteroatoms. The predicted octanol–water partition coefficient (Wildman–Crippen LogP) is 3.63. The van der Waals surface area contributed by atoms with E-state index in [0.29, 0.717) is 6.04 Å². The topological polar surface area (TPSA) is 35.5 Å². The summed E-state index contributed by atoms with van der Waals surface area (Å²) in [5, 5.41) is 13.3. The molecule has 0 saturated carbocycles. The van der Waals surface area contributed by atoms with Crippen LogP contribution in [0.2, 0.25) is 0 Å². The summed E-state index contributed by atoms with van der Waals surface area (Å²) < 4.78 is 13.8. The molecule has 1 aliphatic rings. The Bertz CT molecular complexity index is 468. The summed E-state index contributed by atoms with van der Waals surface area (Å²) in [4.78, 5) is 2.27. The summed E-state index contributed by atoms with van der Waals surface area (Å²) >= 11 is 0. The molecule has 0 bridgehead atoms. The quantitative estimate of drug-likeness (QED) is 0.842. The SMILES string of the molecule is CCC(CC)NC(C)c1cc(F)ccc1N1CCC(O)CC1. The van der Waals surface area contributed by atoms with Crippen LogP contribution in [0.1, 0.15) is 58.1 Å². The van der Waals surface area contributed by atoms with Gasteiger partial charge in [0.15, 0.2) is 0 Å². The van der Waals surface area contributed by atoms with Crippen molar-refractivity contribution in [1.29, 1.82) is 0 Å². The molecule has 0 amide bonds. The minimum atomic E-state index is -0.194. The molecule has 1 fully saturated rings. The zero-order valence-corrected chi connectivity index (χ0v) is 14.0. The van der Waals surface area contributed by atoms with E-state index in [2.05, 4.69) is 31.0 Å². The second-order valence-corrected chi connectivity index (χ2v) is 6.32. The Labute approximate surface area is 133 Å². The summed E-state index contributed by atoms with van der Waals surface area (Å²) in [6.07, 6.45) is 3.51. The molecule has 2 N–H and O–H groups in total. The summed E-state index contributed by atoms with van der Waals surface area (Å²) in [5.74, 6) is -0.186. The van der Waals surface area contributed by atoms with Crippen LogP contribution in [-0.4, -0.2) is 30.3 Å². The Hall–Kier alpha value is -1.13. The molecule has 1 aromatic rings. The highest BCUT2D eigenvalue weighted by atomic mass is 19.1. The maximum absolute atomic E-state index is 13.8. The van der Waals surface area contributed by atoms with Crippen molar-refractivity contribution in [3.63, 3.8) is 0 Å². The molecule has 1 atom stereocenters. The Morgan fingerprint density at radius 1 is 1.27 bits per heavy atom. The first-order chi connectivity index (χ1) is 10.5. The van der Waals surface area contributed by atoms with Gasteiger partial charge in [-0.25, -0.2) is 4.39 Å². The van der Waals surface area contributed by atoms with Crippen LogP contribution in [0, 0.1) is 5.82 Å². The molecule has 124 valence electrons. The van der Waals surface area contributed by atoms with Gasteiger partial charge < -0.3 is 15.3 Å². The standard InChI is InChI=1S/C18H29FN2O/c1-4-15(5-2)20-13(3)17-12-14(19)6-7-18(17)21-10-8-16(22)9-11-21/h6-7,12-13,15-16,20,22H,4-5,8-11H2,1-3H3. The van der Waals surface area contributed by atoms with Crippen LogP contribution < -0.4 is 10.2 Å². The first kappa shape index (κ1) is 17.2. The predicted molar refractivity (Wildman–Crippen MR) is 89.8 cm³/mol. The van der Waals surface area contributed by atoms with Gasteiger partial charge in [-0.1, -0.05) is 13.8 Å². The van der Waals surface area contributed by atoms with Crippen LogP contribution in [0.25, 0.3) is 0 Å². The molecular formula is C18H29FN2O. The summed E-state index contributed by atoms with van der Waals surface area (Å²) in [6.45, 7) is 8.11. The van der Waals surface area contributed by atoms with E-state index in [9.17, 15) is 9.50 Å². The fourth-order valence-corrected chi connectivity index (χ4v) is 3.23. The van der Waals surface area contributed by atoms with Crippen molar-refractivity contribution in [2.24, 2.45) is 0 Å². The zero-order valence-electron chi connectivity index (χ0n) is 14.0. The maximum Gasteiger partial charge on any atom is 0.123 e. The molecule has 2 rings (SSSR count). The average molecular weight is 308 g/mol. The number of aliphatic hydroxyl groups is 1. The molecule has 1 aliphatic heterocycles. The third-order valence-corrected chi connectivity index (χ3v) is 4.73. The Balaban J connectivity index is 2.20. The number of benzene rings is 1. The van der Waals surface area contributed by atoms with E-state index in [0.717, 1.165) is 50.0 Å². The smallest absolute Gasteiger partial charge is 0.123 e. The number of rotatable bonds is 6.